The minimum Gasteiger partial charge on any atom is -0.288 e. The maximum atomic E-state index is 13.6. The normalized spacial score (nSPS) is 10.6. The Hall–Kier alpha value is -0.710. The first-order chi connectivity index (χ1) is 8.00. The molecule has 0 spiro atoms. The summed E-state index contributed by atoms with van der Waals surface area (Å²) in [6, 6.07) is 5.90. The molecule has 1 heterocycles. The van der Waals surface area contributed by atoms with Crippen molar-refractivity contribution in [2.75, 3.05) is 0 Å². The van der Waals surface area contributed by atoms with E-state index in [0.29, 0.717) is 4.88 Å². The van der Waals surface area contributed by atoms with Gasteiger partial charge in [-0.15, -0.1) is 11.3 Å². The maximum Gasteiger partial charge on any atom is 0.207 e. The Bertz CT molecular complexity index is 554. The van der Waals surface area contributed by atoms with Crippen molar-refractivity contribution in [1.29, 1.82) is 0 Å². The molecular formula is C12H7BrClFOS. The van der Waals surface area contributed by atoms with Crippen LogP contribution in [-0.4, -0.2) is 5.78 Å². The molecule has 0 bridgehead atoms. The van der Waals surface area contributed by atoms with Gasteiger partial charge in [0.25, 0.3) is 0 Å². The van der Waals surface area contributed by atoms with Crippen LogP contribution in [-0.2, 0) is 0 Å². The highest BCUT2D eigenvalue weighted by Crippen LogP contribution is 2.30. The molecule has 1 nitrogen and oxygen atoms in total. The van der Waals surface area contributed by atoms with Crippen LogP contribution in [0.5, 0.6) is 0 Å². The molecule has 0 aliphatic heterocycles. The highest BCUT2D eigenvalue weighted by molar-refractivity contribution is 9.10. The molecule has 1 aromatic carbocycles. The number of carbonyl (C=O) groups is 1. The number of halogens is 3. The van der Waals surface area contributed by atoms with E-state index in [1.807, 2.05) is 6.92 Å². The number of carbonyl (C=O) groups excluding carboxylic acids is 1. The van der Waals surface area contributed by atoms with Gasteiger partial charge in [-0.2, -0.15) is 0 Å². The van der Waals surface area contributed by atoms with Crippen molar-refractivity contribution in [3.05, 3.63) is 54.9 Å². The number of hydrogen-bond acceptors (Lipinski definition) is 2. The fourth-order valence-electron chi connectivity index (χ4n) is 1.41. The molecule has 17 heavy (non-hydrogen) atoms. The largest absolute Gasteiger partial charge is 0.288 e. The summed E-state index contributed by atoms with van der Waals surface area (Å²) in [5.41, 5.74) is -0.0667. The fourth-order valence-corrected chi connectivity index (χ4v) is 3.14. The third kappa shape index (κ3) is 2.44. The maximum absolute atomic E-state index is 13.6. The molecule has 0 atom stereocenters. The van der Waals surface area contributed by atoms with Gasteiger partial charge >= 0.3 is 0 Å². The van der Waals surface area contributed by atoms with Crippen LogP contribution in [0.1, 0.15) is 20.1 Å². The molecule has 0 fully saturated rings. The highest BCUT2D eigenvalue weighted by atomic mass is 79.9. The van der Waals surface area contributed by atoms with Crippen LogP contribution in [0.2, 0.25) is 5.02 Å². The summed E-state index contributed by atoms with van der Waals surface area (Å²) in [6.45, 7) is 1.88. The second-order valence-corrected chi connectivity index (χ2v) is 5.96. The van der Waals surface area contributed by atoms with Gasteiger partial charge in [-0.1, -0.05) is 17.7 Å². The molecular weight excluding hydrogens is 327 g/mol. The molecule has 0 aliphatic rings. The van der Waals surface area contributed by atoms with Crippen LogP contribution in [0.15, 0.2) is 28.7 Å². The standard InChI is InChI=1S/C12H7BrClFOS/c1-6-7(13)5-10(17-6)12(16)11-8(14)3-2-4-9(11)15/h2-5H,1H3. The molecule has 0 radical (unpaired) electrons. The Labute approximate surface area is 115 Å². The molecule has 2 rings (SSSR count). The first-order valence-electron chi connectivity index (χ1n) is 4.75. The van der Waals surface area contributed by atoms with Crippen molar-refractivity contribution < 1.29 is 9.18 Å². The number of benzene rings is 1. The van der Waals surface area contributed by atoms with Crippen molar-refractivity contribution in [3.63, 3.8) is 0 Å². The van der Waals surface area contributed by atoms with E-state index < -0.39 is 5.82 Å². The Kier molecular flexibility index (Phi) is 3.66. The lowest BCUT2D eigenvalue weighted by Gasteiger charge is -2.02. The Balaban J connectivity index is 2.51. The lowest BCUT2D eigenvalue weighted by atomic mass is 10.1. The number of aryl methyl sites for hydroxylation is 1. The SMILES string of the molecule is Cc1sc(C(=O)c2c(F)cccc2Cl)cc1Br. The van der Waals surface area contributed by atoms with Crippen molar-refractivity contribution in [2.45, 2.75) is 6.92 Å². The van der Waals surface area contributed by atoms with Crippen LogP contribution in [0.4, 0.5) is 4.39 Å². The van der Waals surface area contributed by atoms with E-state index in [-0.39, 0.29) is 16.4 Å². The van der Waals surface area contributed by atoms with Gasteiger partial charge in [0.1, 0.15) is 5.82 Å². The van der Waals surface area contributed by atoms with E-state index in [9.17, 15) is 9.18 Å². The van der Waals surface area contributed by atoms with Gasteiger partial charge in [-0.05, 0) is 41.1 Å². The van der Waals surface area contributed by atoms with Gasteiger partial charge in [0.15, 0.2) is 0 Å². The smallest absolute Gasteiger partial charge is 0.207 e. The quantitative estimate of drug-likeness (QED) is 0.719. The van der Waals surface area contributed by atoms with Crippen molar-refractivity contribution in [3.8, 4) is 0 Å². The predicted molar refractivity (Wildman–Crippen MR) is 71.6 cm³/mol. The van der Waals surface area contributed by atoms with Crippen LogP contribution in [0, 0.1) is 12.7 Å². The number of hydrogen-bond donors (Lipinski definition) is 0. The molecule has 0 unspecified atom stereocenters. The monoisotopic (exact) mass is 332 g/mol. The summed E-state index contributed by atoms with van der Waals surface area (Å²) in [5.74, 6) is -0.975. The zero-order chi connectivity index (χ0) is 12.6. The fraction of sp³-hybridized carbons (Fsp3) is 0.0833. The van der Waals surface area contributed by atoms with Gasteiger partial charge in [0.05, 0.1) is 15.5 Å². The molecule has 2 aromatic rings. The van der Waals surface area contributed by atoms with Gasteiger partial charge in [0, 0.05) is 9.35 Å². The van der Waals surface area contributed by atoms with E-state index in [2.05, 4.69) is 15.9 Å². The summed E-state index contributed by atoms with van der Waals surface area (Å²) in [6.07, 6.45) is 0. The summed E-state index contributed by atoms with van der Waals surface area (Å²) in [7, 11) is 0. The molecule has 0 amide bonds. The molecule has 0 aliphatic carbocycles. The highest BCUT2D eigenvalue weighted by Gasteiger charge is 2.19. The summed E-state index contributed by atoms with van der Waals surface area (Å²) < 4.78 is 14.4. The second-order valence-electron chi connectivity index (χ2n) is 3.44. The summed E-state index contributed by atoms with van der Waals surface area (Å²) in [5, 5.41) is 0.136. The average Bonchev–Trinajstić information content (AvgIpc) is 2.59. The van der Waals surface area contributed by atoms with E-state index in [0.717, 1.165) is 9.35 Å². The van der Waals surface area contributed by atoms with Gasteiger partial charge in [0.2, 0.25) is 5.78 Å². The third-order valence-electron chi connectivity index (χ3n) is 2.27. The van der Waals surface area contributed by atoms with Gasteiger partial charge < -0.3 is 0 Å². The Morgan fingerprint density at radius 1 is 1.47 bits per heavy atom. The Morgan fingerprint density at radius 2 is 2.18 bits per heavy atom. The molecule has 0 N–H and O–H groups in total. The lowest BCUT2D eigenvalue weighted by Crippen LogP contribution is -2.03. The summed E-state index contributed by atoms with van der Waals surface area (Å²) >= 11 is 10.5. The Morgan fingerprint density at radius 3 is 2.71 bits per heavy atom. The third-order valence-corrected chi connectivity index (χ3v) is 4.72. The number of rotatable bonds is 2. The van der Waals surface area contributed by atoms with Crippen molar-refractivity contribution in [1.82, 2.24) is 0 Å². The van der Waals surface area contributed by atoms with Crippen LogP contribution < -0.4 is 0 Å². The first kappa shape index (κ1) is 12.7. The lowest BCUT2D eigenvalue weighted by molar-refractivity contribution is 0.103. The van der Waals surface area contributed by atoms with Gasteiger partial charge in [-0.3, -0.25) is 4.79 Å². The average molecular weight is 334 g/mol. The minimum atomic E-state index is -0.593. The second kappa shape index (κ2) is 4.88. The van der Waals surface area contributed by atoms with E-state index in [1.165, 1.54) is 29.5 Å². The van der Waals surface area contributed by atoms with E-state index in [1.54, 1.807) is 6.07 Å². The van der Waals surface area contributed by atoms with Crippen molar-refractivity contribution >= 4 is 44.7 Å². The molecule has 88 valence electrons. The van der Waals surface area contributed by atoms with Crippen LogP contribution in [0.25, 0.3) is 0 Å². The van der Waals surface area contributed by atoms with Gasteiger partial charge in [-0.25, -0.2) is 4.39 Å². The number of thiophene rings is 1. The number of ketones is 1. The van der Waals surface area contributed by atoms with E-state index in [4.69, 9.17) is 11.6 Å². The van der Waals surface area contributed by atoms with Crippen molar-refractivity contribution in [2.24, 2.45) is 0 Å². The minimum absolute atomic E-state index is 0.0667. The molecule has 1 aromatic heterocycles. The first-order valence-corrected chi connectivity index (χ1v) is 6.74. The molecule has 0 saturated heterocycles. The zero-order valence-electron chi connectivity index (χ0n) is 8.76. The molecule has 5 heteroatoms. The van der Waals surface area contributed by atoms with Crippen LogP contribution in [0.3, 0.4) is 0 Å². The van der Waals surface area contributed by atoms with E-state index >= 15 is 0 Å². The molecule has 0 saturated carbocycles. The predicted octanol–water partition coefficient (Wildman–Crippen LogP) is 4.84. The zero-order valence-corrected chi connectivity index (χ0v) is 11.9. The van der Waals surface area contributed by atoms with Crippen LogP contribution >= 0.6 is 38.9 Å². The topological polar surface area (TPSA) is 17.1 Å². The summed E-state index contributed by atoms with van der Waals surface area (Å²) in [4.78, 5) is 13.6.